The largest absolute Gasteiger partial charge is 0.356 e. The minimum absolute atomic E-state index is 0. The summed E-state index contributed by atoms with van der Waals surface area (Å²) in [4.78, 5) is 5.53. The van der Waals surface area contributed by atoms with Crippen LogP contribution in [0.2, 0.25) is 0 Å². The third kappa shape index (κ3) is 7.99. The Hall–Kier alpha value is -0.430. The highest BCUT2D eigenvalue weighted by atomic mass is 127. The van der Waals surface area contributed by atoms with E-state index in [1.54, 1.807) is 0 Å². The van der Waals surface area contributed by atoms with Gasteiger partial charge in [-0.3, -0.25) is 4.99 Å². The monoisotopic (exact) mass is 407 g/mol. The molecule has 0 heterocycles. The van der Waals surface area contributed by atoms with Crippen LogP contribution in [0.1, 0.15) is 25.8 Å². The van der Waals surface area contributed by atoms with E-state index in [1.807, 2.05) is 18.8 Å². The number of thioether (sulfide) groups is 1. The fourth-order valence-electron chi connectivity index (χ4n) is 1.50. The maximum Gasteiger partial charge on any atom is 0.191 e. The van der Waals surface area contributed by atoms with Gasteiger partial charge in [0.25, 0.3) is 0 Å². The van der Waals surface area contributed by atoms with E-state index in [0.717, 1.165) is 24.7 Å². The van der Waals surface area contributed by atoms with E-state index in [2.05, 4.69) is 60.7 Å². The van der Waals surface area contributed by atoms with Crippen molar-refractivity contribution in [2.75, 3.05) is 19.3 Å². The standard InChI is InChI=1S/C15H25N3S.HI/c1-5-13(3)18-15(16-4)17-10-11-19-14-8-6-12(2)7-9-14;/h6-9,13H,5,10-11H2,1-4H3,(H2,16,17,18);1H. The smallest absolute Gasteiger partial charge is 0.191 e. The van der Waals surface area contributed by atoms with Crippen molar-refractivity contribution in [3.05, 3.63) is 29.8 Å². The number of rotatable bonds is 6. The quantitative estimate of drug-likeness (QED) is 0.248. The Morgan fingerprint density at radius 3 is 2.50 bits per heavy atom. The van der Waals surface area contributed by atoms with Crippen LogP contribution in [0, 0.1) is 6.92 Å². The van der Waals surface area contributed by atoms with E-state index >= 15 is 0 Å². The molecule has 0 saturated heterocycles. The average molecular weight is 407 g/mol. The molecular formula is C15H26IN3S. The van der Waals surface area contributed by atoms with Crippen LogP contribution in [0.5, 0.6) is 0 Å². The molecule has 0 aliphatic carbocycles. The molecule has 0 bridgehead atoms. The van der Waals surface area contributed by atoms with Crippen LogP contribution >= 0.6 is 35.7 Å². The highest BCUT2D eigenvalue weighted by Crippen LogP contribution is 2.17. The number of guanidine groups is 1. The zero-order valence-corrected chi connectivity index (χ0v) is 15.9. The van der Waals surface area contributed by atoms with Gasteiger partial charge in [0.1, 0.15) is 0 Å². The van der Waals surface area contributed by atoms with Gasteiger partial charge in [0, 0.05) is 30.3 Å². The van der Waals surface area contributed by atoms with Gasteiger partial charge in [0.2, 0.25) is 0 Å². The van der Waals surface area contributed by atoms with Crippen molar-refractivity contribution in [2.45, 2.75) is 38.1 Å². The Bertz CT molecular complexity index is 393. The number of aryl methyl sites for hydroxylation is 1. The summed E-state index contributed by atoms with van der Waals surface area (Å²) in [6.45, 7) is 7.35. The van der Waals surface area contributed by atoms with E-state index < -0.39 is 0 Å². The van der Waals surface area contributed by atoms with E-state index in [9.17, 15) is 0 Å². The molecule has 1 rings (SSSR count). The van der Waals surface area contributed by atoms with Gasteiger partial charge in [-0.05, 0) is 32.4 Å². The van der Waals surface area contributed by atoms with Crippen LogP contribution in [-0.2, 0) is 0 Å². The first kappa shape index (κ1) is 19.6. The topological polar surface area (TPSA) is 36.4 Å². The summed E-state index contributed by atoms with van der Waals surface area (Å²) in [5, 5.41) is 6.69. The maximum absolute atomic E-state index is 4.22. The van der Waals surface area contributed by atoms with Crippen LogP contribution in [0.25, 0.3) is 0 Å². The van der Waals surface area contributed by atoms with Crippen molar-refractivity contribution in [1.82, 2.24) is 10.6 Å². The van der Waals surface area contributed by atoms with Crippen LogP contribution in [0.3, 0.4) is 0 Å². The van der Waals surface area contributed by atoms with Gasteiger partial charge in [-0.1, -0.05) is 24.6 Å². The zero-order chi connectivity index (χ0) is 14.1. The molecule has 5 heteroatoms. The summed E-state index contributed by atoms with van der Waals surface area (Å²) in [6.07, 6.45) is 1.10. The van der Waals surface area contributed by atoms with Crippen LogP contribution < -0.4 is 10.6 Å². The number of benzene rings is 1. The van der Waals surface area contributed by atoms with Gasteiger partial charge in [0.05, 0.1) is 0 Å². The van der Waals surface area contributed by atoms with Crippen molar-refractivity contribution in [3.63, 3.8) is 0 Å². The van der Waals surface area contributed by atoms with Crippen LogP contribution in [0.15, 0.2) is 34.2 Å². The van der Waals surface area contributed by atoms with Crippen molar-refractivity contribution in [1.29, 1.82) is 0 Å². The molecule has 0 aromatic heterocycles. The van der Waals surface area contributed by atoms with Crippen LogP contribution in [-0.4, -0.2) is 31.3 Å². The van der Waals surface area contributed by atoms with Gasteiger partial charge in [-0.2, -0.15) is 0 Å². The molecule has 0 saturated carbocycles. The molecular weight excluding hydrogens is 381 g/mol. The van der Waals surface area contributed by atoms with Gasteiger partial charge in [0.15, 0.2) is 5.96 Å². The molecule has 1 unspecified atom stereocenters. The minimum atomic E-state index is 0. The third-order valence-corrected chi connectivity index (χ3v) is 3.92. The zero-order valence-electron chi connectivity index (χ0n) is 12.8. The Balaban J connectivity index is 0.00000361. The first-order chi connectivity index (χ1) is 9.15. The number of nitrogens with one attached hydrogen (secondary N) is 2. The Morgan fingerprint density at radius 2 is 1.95 bits per heavy atom. The summed E-state index contributed by atoms with van der Waals surface area (Å²) in [5.41, 5.74) is 1.31. The molecule has 3 nitrogen and oxygen atoms in total. The van der Waals surface area contributed by atoms with Crippen molar-refractivity contribution in [2.24, 2.45) is 4.99 Å². The molecule has 1 aromatic rings. The molecule has 0 fully saturated rings. The SMILES string of the molecule is CCC(C)NC(=NC)NCCSc1ccc(C)cc1.I. The van der Waals surface area contributed by atoms with Crippen molar-refractivity contribution < 1.29 is 0 Å². The minimum Gasteiger partial charge on any atom is -0.356 e. The van der Waals surface area contributed by atoms with Crippen molar-refractivity contribution >= 4 is 41.7 Å². The summed E-state index contributed by atoms with van der Waals surface area (Å²) < 4.78 is 0. The lowest BCUT2D eigenvalue weighted by molar-refractivity contribution is 0.627. The maximum atomic E-state index is 4.22. The lowest BCUT2D eigenvalue weighted by Crippen LogP contribution is -2.42. The Morgan fingerprint density at radius 1 is 1.30 bits per heavy atom. The first-order valence-corrected chi connectivity index (χ1v) is 7.81. The number of halogens is 1. The molecule has 0 radical (unpaired) electrons. The van der Waals surface area contributed by atoms with Crippen LogP contribution in [0.4, 0.5) is 0 Å². The van der Waals surface area contributed by atoms with E-state index in [4.69, 9.17) is 0 Å². The predicted molar refractivity (Wildman–Crippen MR) is 102 cm³/mol. The fourth-order valence-corrected chi connectivity index (χ4v) is 2.27. The molecule has 114 valence electrons. The van der Waals surface area contributed by atoms with E-state index in [-0.39, 0.29) is 24.0 Å². The molecule has 0 aliphatic heterocycles. The van der Waals surface area contributed by atoms with Gasteiger partial charge >= 0.3 is 0 Å². The van der Waals surface area contributed by atoms with Crippen molar-refractivity contribution in [3.8, 4) is 0 Å². The van der Waals surface area contributed by atoms with E-state index in [0.29, 0.717) is 6.04 Å². The summed E-state index contributed by atoms with van der Waals surface area (Å²) in [7, 11) is 1.81. The number of hydrogen-bond donors (Lipinski definition) is 2. The second kappa shape index (κ2) is 11.3. The lowest BCUT2D eigenvalue weighted by Gasteiger charge is -2.16. The summed E-state index contributed by atoms with van der Waals surface area (Å²) >= 11 is 1.86. The lowest BCUT2D eigenvalue weighted by atomic mass is 10.2. The van der Waals surface area contributed by atoms with E-state index in [1.165, 1.54) is 10.5 Å². The highest BCUT2D eigenvalue weighted by molar-refractivity contribution is 14.0. The predicted octanol–water partition coefficient (Wildman–Crippen LogP) is 3.67. The number of nitrogens with zero attached hydrogens (tertiary/aromatic N) is 1. The third-order valence-electron chi connectivity index (χ3n) is 2.90. The molecule has 0 spiro atoms. The number of hydrogen-bond acceptors (Lipinski definition) is 2. The van der Waals surface area contributed by atoms with Gasteiger partial charge in [-0.25, -0.2) is 0 Å². The second-order valence-electron chi connectivity index (χ2n) is 4.61. The summed E-state index contributed by atoms with van der Waals surface area (Å²) in [6, 6.07) is 9.10. The number of aliphatic imine (C=N–C) groups is 1. The fraction of sp³-hybridized carbons (Fsp3) is 0.533. The molecule has 0 amide bonds. The van der Waals surface area contributed by atoms with Gasteiger partial charge in [-0.15, -0.1) is 35.7 Å². The Kier molecular flexibility index (Phi) is 11.0. The molecule has 1 atom stereocenters. The van der Waals surface area contributed by atoms with Gasteiger partial charge < -0.3 is 10.6 Å². The summed E-state index contributed by atoms with van der Waals surface area (Å²) in [5.74, 6) is 1.92. The molecule has 2 N–H and O–H groups in total. The second-order valence-corrected chi connectivity index (χ2v) is 5.78. The molecule has 1 aromatic carbocycles. The average Bonchev–Trinajstić information content (AvgIpc) is 2.43. The highest BCUT2D eigenvalue weighted by Gasteiger charge is 2.01. The normalized spacial score (nSPS) is 12.5. The Labute approximate surface area is 144 Å². The molecule has 20 heavy (non-hydrogen) atoms. The first-order valence-electron chi connectivity index (χ1n) is 6.82. The molecule has 0 aliphatic rings.